The van der Waals surface area contributed by atoms with Gasteiger partial charge in [-0.15, -0.1) is 11.3 Å². The lowest BCUT2D eigenvalue weighted by Gasteiger charge is -2.27. The van der Waals surface area contributed by atoms with E-state index in [9.17, 15) is 4.79 Å². The first kappa shape index (κ1) is 14.7. The summed E-state index contributed by atoms with van der Waals surface area (Å²) in [6.45, 7) is 0. The van der Waals surface area contributed by atoms with Gasteiger partial charge in [0.25, 0.3) is 5.91 Å². The highest BCUT2D eigenvalue weighted by atomic mass is 32.2. The Bertz CT molecular complexity index is 645. The van der Waals surface area contributed by atoms with Crippen molar-refractivity contribution in [3.05, 3.63) is 29.1 Å². The van der Waals surface area contributed by atoms with Gasteiger partial charge in [0.05, 0.1) is 4.88 Å². The fourth-order valence-corrected chi connectivity index (χ4v) is 4.56. The number of carbonyl (C=O) groups is 1. The smallest absolute Gasteiger partial charge is 0.261 e. The number of hydrogen-bond donors (Lipinski definition) is 2. The number of hydrogen-bond acceptors (Lipinski definition) is 4. The van der Waals surface area contributed by atoms with Crippen LogP contribution in [0.1, 0.15) is 35.4 Å². The Balaban J connectivity index is 1.67. The first-order valence-electron chi connectivity index (χ1n) is 7.28. The van der Waals surface area contributed by atoms with E-state index in [0.717, 1.165) is 38.7 Å². The minimum atomic E-state index is 0.0578. The number of nitrogens with one attached hydrogen (secondary N) is 1. The molecule has 0 bridgehead atoms. The van der Waals surface area contributed by atoms with Crippen LogP contribution < -0.4 is 11.1 Å². The number of thioether (sulfide) groups is 1. The topological polar surface area (TPSA) is 55.1 Å². The summed E-state index contributed by atoms with van der Waals surface area (Å²) in [7, 11) is 0. The van der Waals surface area contributed by atoms with Crippen LogP contribution in [0.4, 0.5) is 5.69 Å². The van der Waals surface area contributed by atoms with Crippen LogP contribution in [0.3, 0.4) is 0 Å². The van der Waals surface area contributed by atoms with Gasteiger partial charge < -0.3 is 11.1 Å². The van der Waals surface area contributed by atoms with E-state index >= 15 is 0 Å². The third-order valence-corrected chi connectivity index (χ3v) is 6.36. The molecule has 0 saturated heterocycles. The minimum absolute atomic E-state index is 0.0578. The van der Waals surface area contributed by atoms with Crippen LogP contribution in [0.15, 0.2) is 24.3 Å². The van der Waals surface area contributed by atoms with E-state index in [0.29, 0.717) is 6.04 Å². The summed E-state index contributed by atoms with van der Waals surface area (Å²) in [5.41, 5.74) is 6.53. The number of benzene rings is 1. The van der Waals surface area contributed by atoms with Gasteiger partial charge in [-0.1, -0.05) is 0 Å². The van der Waals surface area contributed by atoms with Gasteiger partial charge in [-0.25, -0.2) is 0 Å². The number of rotatable bonds is 3. The second-order valence-electron chi connectivity index (χ2n) is 5.59. The predicted molar refractivity (Wildman–Crippen MR) is 93.3 cm³/mol. The summed E-state index contributed by atoms with van der Waals surface area (Å²) >= 11 is 3.48. The zero-order valence-corrected chi connectivity index (χ0v) is 13.7. The average molecular weight is 320 g/mol. The van der Waals surface area contributed by atoms with Gasteiger partial charge in [-0.05, 0) is 61.6 Å². The molecule has 0 aliphatic heterocycles. The van der Waals surface area contributed by atoms with Crippen LogP contribution in [0.25, 0.3) is 10.1 Å². The van der Waals surface area contributed by atoms with Crippen LogP contribution in [-0.2, 0) is 0 Å². The first-order chi connectivity index (χ1) is 10.2. The molecule has 1 aromatic carbocycles. The summed E-state index contributed by atoms with van der Waals surface area (Å²) in [5.74, 6) is 0.0578. The number of fused-ring (bicyclic) bond motifs is 1. The van der Waals surface area contributed by atoms with Gasteiger partial charge in [0.15, 0.2) is 0 Å². The number of anilines is 1. The third-order valence-electron chi connectivity index (χ3n) is 4.11. The molecule has 1 fully saturated rings. The summed E-state index contributed by atoms with van der Waals surface area (Å²) in [6.07, 6.45) is 6.76. The summed E-state index contributed by atoms with van der Waals surface area (Å²) in [6, 6.07) is 8.06. The molecule has 0 atom stereocenters. The lowest BCUT2D eigenvalue weighted by Crippen LogP contribution is -2.37. The van der Waals surface area contributed by atoms with Crippen LogP contribution >= 0.6 is 23.1 Å². The van der Waals surface area contributed by atoms with Gasteiger partial charge in [-0.3, -0.25) is 4.79 Å². The number of carbonyl (C=O) groups excluding carboxylic acids is 1. The molecule has 3 N–H and O–H groups in total. The lowest BCUT2D eigenvalue weighted by molar-refractivity contribution is 0.0932. The van der Waals surface area contributed by atoms with Crippen molar-refractivity contribution in [3.8, 4) is 0 Å². The number of thiophene rings is 1. The molecule has 3 nitrogen and oxygen atoms in total. The Morgan fingerprint density at radius 2 is 2.05 bits per heavy atom. The van der Waals surface area contributed by atoms with Crippen molar-refractivity contribution in [1.29, 1.82) is 0 Å². The predicted octanol–water partition coefficient (Wildman–Crippen LogP) is 3.89. The zero-order valence-electron chi connectivity index (χ0n) is 12.1. The maximum absolute atomic E-state index is 12.4. The average Bonchev–Trinajstić information content (AvgIpc) is 2.91. The molecule has 21 heavy (non-hydrogen) atoms. The normalized spacial score (nSPS) is 22.3. The van der Waals surface area contributed by atoms with Gasteiger partial charge in [0.2, 0.25) is 0 Å². The van der Waals surface area contributed by atoms with Crippen LogP contribution in [-0.4, -0.2) is 23.5 Å². The summed E-state index contributed by atoms with van der Waals surface area (Å²) < 4.78 is 1.11. The quantitative estimate of drug-likeness (QED) is 0.844. The molecule has 1 amide bonds. The van der Waals surface area contributed by atoms with E-state index in [4.69, 9.17) is 5.73 Å². The molecule has 0 radical (unpaired) electrons. The maximum Gasteiger partial charge on any atom is 0.261 e. The Morgan fingerprint density at radius 1 is 1.29 bits per heavy atom. The second-order valence-corrected chi connectivity index (χ2v) is 7.81. The molecule has 5 heteroatoms. The highest BCUT2D eigenvalue weighted by molar-refractivity contribution is 7.99. The van der Waals surface area contributed by atoms with E-state index in [-0.39, 0.29) is 5.91 Å². The maximum atomic E-state index is 12.4. The fourth-order valence-electron chi connectivity index (χ4n) is 2.87. The van der Waals surface area contributed by atoms with Crippen LogP contribution in [0, 0.1) is 0 Å². The standard InChI is InChI=1S/C16H20N2OS2/c1-20-13-5-3-12(4-6-13)18-16(19)15-9-10-8-11(17)2-7-14(10)21-15/h2,7-9,12-13H,3-6,17H2,1H3,(H,18,19). The van der Waals surface area contributed by atoms with Gasteiger partial charge >= 0.3 is 0 Å². The van der Waals surface area contributed by atoms with Crippen molar-refractivity contribution in [2.24, 2.45) is 0 Å². The second kappa shape index (κ2) is 6.28. The Kier molecular flexibility index (Phi) is 4.40. The molecule has 1 aliphatic rings. The van der Waals surface area contributed by atoms with Crippen molar-refractivity contribution in [2.75, 3.05) is 12.0 Å². The SMILES string of the molecule is CSC1CCC(NC(=O)c2cc3cc(N)ccc3s2)CC1. The lowest BCUT2D eigenvalue weighted by atomic mass is 9.95. The largest absolute Gasteiger partial charge is 0.399 e. The van der Waals surface area contributed by atoms with Crippen molar-refractivity contribution in [3.63, 3.8) is 0 Å². The molecule has 1 aromatic heterocycles. The molecule has 0 unspecified atom stereocenters. The molecular weight excluding hydrogens is 300 g/mol. The van der Waals surface area contributed by atoms with Crippen LogP contribution in [0.5, 0.6) is 0 Å². The molecule has 3 rings (SSSR count). The van der Waals surface area contributed by atoms with Crippen molar-refractivity contribution < 1.29 is 4.79 Å². The molecule has 1 aliphatic carbocycles. The molecule has 1 heterocycles. The Hall–Kier alpha value is -1.20. The minimum Gasteiger partial charge on any atom is -0.399 e. The van der Waals surface area contributed by atoms with E-state index in [1.807, 2.05) is 36.0 Å². The molecule has 2 aromatic rings. The number of amides is 1. The van der Waals surface area contributed by atoms with Crippen molar-refractivity contribution >= 4 is 44.8 Å². The van der Waals surface area contributed by atoms with Crippen molar-refractivity contribution in [2.45, 2.75) is 37.0 Å². The van der Waals surface area contributed by atoms with Gasteiger partial charge in [0.1, 0.15) is 0 Å². The highest BCUT2D eigenvalue weighted by Crippen LogP contribution is 2.29. The van der Waals surface area contributed by atoms with E-state index < -0.39 is 0 Å². The van der Waals surface area contributed by atoms with Gasteiger partial charge in [-0.2, -0.15) is 11.8 Å². The first-order valence-corrected chi connectivity index (χ1v) is 9.39. The Labute approximate surface area is 133 Å². The molecule has 112 valence electrons. The third kappa shape index (κ3) is 3.35. The summed E-state index contributed by atoms with van der Waals surface area (Å²) in [4.78, 5) is 13.2. The Morgan fingerprint density at radius 3 is 2.76 bits per heavy atom. The molecule has 0 spiro atoms. The van der Waals surface area contributed by atoms with Crippen LogP contribution in [0.2, 0.25) is 0 Å². The van der Waals surface area contributed by atoms with E-state index in [2.05, 4.69) is 11.6 Å². The number of nitrogen functional groups attached to an aromatic ring is 1. The zero-order chi connectivity index (χ0) is 14.8. The fraction of sp³-hybridized carbons (Fsp3) is 0.438. The van der Waals surface area contributed by atoms with Gasteiger partial charge in [0, 0.05) is 21.7 Å². The molecule has 1 saturated carbocycles. The monoisotopic (exact) mass is 320 g/mol. The summed E-state index contributed by atoms with van der Waals surface area (Å²) in [5, 5.41) is 5.01. The molecular formula is C16H20N2OS2. The van der Waals surface area contributed by atoms with Crippen molar-refractivity contribution in [1.82, 2.24) is 5.32 Å². The van der Waals surface area contributed by atoms with E-state index in [1.54, 1.807) is 0 Å². The van der Waals surface area contributed by atoms with E-state index in [1.165, 1.54) is 24.2 Å². The number of nitrogens with two attached hydrogens (primary N) is 1. The highest BCUT2D eigenvalue weighted by Gasteiger charge is 2.22.